The Hall–Kier alpha value is -1.03. The molecule has 0 aliphatic carbocycles. The largest absolute Gasteiger partial charge is 0.310 e. The number of rotatable bonds is 3. The van der Waals surface area contributed by atoms with Crippen molar-refractivity contribution in [2.45, 2.75) is 13.5 Å². The Morgan fingerprint density at radius 1 is 1.83 bits per heavy atom. The maximum Gasteiger partial charge on any atom is 0.240 e. The second kappa shape index (κ2) is 4.11. The van der Waals surface area contributed by atoms with Crippen LogP contribution in [0.25, 0.3) is 0 Å². The van der Waals surface area contributed by atoms with Crippen LogP contribution in [0.5, 0.6) is 0 Å². The van der Waals surface area contributed by atoms with Gasteiger partial charge in [-0.25, -0.2) is 4.68 Å². The quantitative estimate of drug-likeness (QED) is 0.720. The molecule has 0 radical (unpaired) electrons. The minimum Gasteiger partial charge on any atom is -0.310 e. The van der Waals surface area contributed by atoms with E-state index in [1.165, 1.54) is 0 Å². The summed E-state index contributed by atoms with van der Waals surface area (Å²) in [5, 5.41) is 6.60. The molecule has 0 spiro atoms. The van der Waals surface area contributed by atoms with Crippen LogP contribution in [-0.4, -0.2) is 21.6 Å². The van der Waals surface area contributed by atoms with Crippen molar-refractivity contribution in [1.82, 2.24) is 9.78 Å². The zero-order chi connectivity index (χ0) is 8.97. The molecule has 1 heterocycles. The zero-order valence-corrected chi connectivity index (χ0v) is 7.51. The fourth-order valence-electron chi connectivity index (χ4n) is 0.867. The van der Waals surface area contributed by atoms with Crippen molar-refractivity contribution < 1.29 is 4.79 Å². The number of carbonyl (C=O) groups is 1. The summed E-state index contributed by atoms with van der Waals surface area (Å²) in [5.41, 5.74) is 0. The van der Waals surface area contributed by atoms with Crippen LogP contribution in [0.3, 0.4) is 0 Å². The monoisotopic (exact) mass is 187 g/mol. The van der Waals surface area contributed by atoms with E-state index in [1.54, 1.807) is 16.9 Å². The van der Waals surface area contributed by atoms with Crippen molar-refractivity contribution in [3.05, 3.63) is 12.3 Å². The van der Waals surface area contributed by atoms with E-state index in [1.807, 2.05) is 6.92 Å². The number of carbonyl (C=O) groups excluding carboxylic acids is 1. The van der Waals surface area contributed by atoms with E-state index >= 15 is 0 Å². The van der Waals surface area contributed by atoms with Crippen molar-refractivity contribution in [3.63, 3.8) is 0 Å². The fourth-order valence-corrected chi connectivity index (χ4v) is 0.934. The molecule has 4 nitrogen and oxygen atoms in total. The summed E-state index contributed by atoms with van der Waals surface area (Å²) in [4.78, 5) is 10.9. The SMILES string of the molecule is CCn1nccc1NC(=O)CCl. The Morgan fingerprint density at radius 2 is 2.58 bits per heavy atom. The molecule has 0 bridgehead atoms. The summed E-state index contributed by atoms with van der Waals surface area (Å²) < 4.78 is 1.68. The third kappa shape index (κ3) is 1.98. The first-order chi connectivity index (χ1) is 5.77. The highest BCUT2D eigenvalue weighted by molar-refractivity contribution is 6.28. The number of hydrogen-bond donors (Lipinski definition) is 1. The standard InChI is InChI=1S/C7H10ClN3O/c1-2-11-6(3-4-9-11)10-7(12)5-8/h3-4H,2,5H2,1H3,(H,10,12). The zero-order valence-electron chi connectivity index (χ0n) is 6.75. The number of amides is 1. The summed E-state index contributed by atoms with van der Waals surface area (Å²) in [5.74, 6) is 0.435. The lowest BCUT2D eigenvalue weighted by molar-refractivity contribution is -0.114. The summed E-state index contributed by atoms with van der Waals surface area (Å²) >= 11 is 5.32. The van der Waals surface area contributed by atoms with E-state index in [4.69, 9.17) is 11.6 Å². The average molecular weight is 188 g/mol. The molecule has 0 atom stereocenters. The van der Waals surface area contributed by atoms with Crippen molar-refractivity contribution in [2.24, 2.45) is 0 Å². The molecule has 1 rings (SSSR count). The molecule has 0 unspecified atom stereocenters. The molecule has 5 heteroatoms. The van der Waals surface area contributed by atoms with Gasteiger partial charge in [-0.3, -0.25) is 4.79 Å². The van der Waals surface area contributed by atoms with Crippen molar-refractivity contribution in [3.8, 4) is 0 Å². The molecule has 0 aromatic carbocycles. The van der Waals surface area contributed by atoms with Crippen LogP contribution >= 0.6 is 11.6 Å². The molecular weight excluding hydrogens is 178 g/mol. The molecule has 1 aromatic rings. The lowest BCUT2D eigenvalue weighted by Gasteiger charge is -2.04. The van der Waals surface area contributed by atoms with Crippen molar-refractivity contribution >= 4 is 23.3 Å². The highest BCUT2D eigenvalue weighted by atomic mass is 35.5. The van der Waals surface area contributed by atoms with Crippen LogP contribution in [0.2, 0.25) is 0 Å². The highest BCUT2D eigenvalue weighted by Gasteiger charge is 2.03. The highest BCUT2D eigenvalue weighted by Crippen LogP contribution is 2.05. The first-order valence-electron chi connectivity index (χ1n) is 3.65. The lowest BCUT2D eigenvalue weighted by Crippen LogP contribution is -2.15. The van der Waals surface area contributed by atoms with Crippen LogP contribution in [-0.2, 0) is 11.3 Å². The van der Waals surface area contributed by atoms with Gasteiger partial charge in [0, 0.05) is 12.6 Å². The van der Waals surface area contributed by atoms with Crippen molar-refractivity contribution in [2.75, 3.05) is 11.2 Å². The lowest BCUT2D eigenvalue weighted by atomic mass is 10.5. The van der Waals surface area contributed by atoms with Gasteiger partial charge in [-0.05, 0) is 6.92 Å². The van der Waals surface area contributed by atoms with E-state index in [0.717, 1.165) is 6.54 Å². The van der Waals surface area contributed by atoms with Crippen LogP contribution in [0.15, 0.2) is 12.3 Å². The van der Waals surface area contributed by atoms with Crippen LogP contribution < -0.4 is 5.32 Å². The molecule has 12 heavy (non-hydrogen) atoms. The fraction of sp³-hybridized carbons (Fsp3) is 0.429. The predicted molar refractivity (Wildman–Crippen MR) is 47.3 cm³/mol. The van der Waals surface area contributed by atoms with E-state index in [-0.39, 0.29) is 11.8 Å². The van der Waals surface area contributed by atoms with Gasteiger partial charge in [0.1, 0.15) is 11.7 Å². The normalized spacial score (nSPS) is 9.83. The van der Waals surface area contributed by atoms with Crippen molar-refractivity contribution in [1.29, 1.82) is 0 Å². The Bertz CT molecular complexity index is 271. The van der Waals surface area contributed by atoms with Gasteiger partial charge < -0.3 is 5.32 Å². The van der Waals surface area contributed by atoms with Gasteiger partial charge in [-0.1, -0.05) is 0 Å². The Kier molecular flexibility index (Phi) is 3.10. The number of hydrogen-bond acceptors (Lipinski definition) is 2. The molecule has 0 aliphatic rings. The number of aromatic nitrogens is 2. The molecule has 66 valence electrons. The molecular formula is C7H10ClN3O. The van der Waals surface area contributed by atoms with E-state index < -0.39 is 0 Å². The minimum absolute atomic E-state index is 0.0328. The summed E-state index contributed by atoms with van der Waals surface area (Å²) in [7, 11) is 0. The molecule has 1 amide bonds. The van der Waals surface area contributed by atoms with Crippen LogP contribution in [0.4, 0.5) is 5.82 Å². The number of aryl methyl sites for hydroxylation is 1. The summed E-state index contributed by atoms with van der Waals surface area (Å²) in [6, 6.07) is 1.73. The second-order valence-corrected chi connectivity index (χ2v) is 2.48. The molecule has 0 fully saturated rings. The predicted octanol–water partition coefficient (Wildman–Crippen LogP) is 1.08. The third-order valence-electron chi connectivity index (χ3n) is 1.40. The van der Waals surface area contributed by atoms with Gasteiger partial charge in [0.05, 0.1) is 6.20 Å². The number of halogens is 1. The molecule has 1 aromatic heterocycles. The number of alkyl halides is 1. The number of nitrogens with one attached hydrogen (secondary N) is 1. The number of nitrogens with zero attached hydrogens (tertiary/aromatic N) is 2. The van der Waals surface area contributed by atoms with Crippen LogP contribution in [0, 0.1) is 0 Å². The first-order valence-corrected chi connectivity index (χ1v) is 4.19. The second-order valence-electron chi connectivity index (χ2n) is 2.21. The van der Waals surface area contributed by atoms with E-state index in [9.17, 15) is 4.79 Å². The molecule has 0 saturated heterocycles. The third-order valence-corrected chi connectivity index (χ3v) is 1.65. The van der Waals surface area contributed by atoms with Gasteiger partial charge in [0.25, 0.3) is 0 Å². The Morgan fingerprint density at radius 3 is 3.17 bits per heavy atom. The van der Waals surface area contributed by atoms with Gasteiger partial charge in [-0.2, -0.15) is 5.10 Å². The van der Waals surface area contributed by atoms with Gasteiger partial charge >= 0.3 is 0 Å². The maximum atomic E-state index is 10.9. The van der Waals surface area contributed by atoms with Gasteiger partial charge in [0.2, 0.25) is 5.91 Å². The van der Waals surface area contributed by atoms with Gasteiger partial charge in [-0.15, -0.1) is 11.6 Å². The summed E-state index contributed by atoms with van der Waals surface area (Å²) in [6.45, 7) is 2.67. The number of anilines is 1. The first kappa shape index (κ1) is 9.06. The van der Waals surface area contributed by atoms with Gasteiger partial charge in [0.15, 0.2) is 0 Å². The maximum absolute atomic E-state index is 10.9. The molecule has 1 N–H and O–H groups in total. The topological polar surface area (TPSA) is 46.9 Å². The van der Waals surface area contributed by atoms with E-state index in [0.29, 0.717) is 5.82 Å². The van der Waals surface area contributed by atoms with Crippen LogP contribution in [0.1, 0.15) is 6.92 Å². The molecule has 0 aliphatic heterocycles. The smallest absolute Gasteiger partial charge is 0.240 e. The minimum atomic E-state index is -0.216. The Labute approximate surface area is 75.5 Å². The van der Waals surface area contributed by atoms with E-state index in [2.05, 4.69) is 10.4 Å². The molecule has 0 saturated carbocycles. The summed E-state index contributed by atoms with van der Waals surface area (Å²) in [6.07, 6.45) is 1.63. The average Bonchev–Trinajstić information content (AvgIpc) is 2.51. The Balaban J connectivity index is 2.68.